The summed E-state index contributed by atoms with van der Waals surface area (Å²) in [6, 6.07) is 7.59. The first kappa shape index (κ1) is 15.7. The molecule has 0 bridgehead atoms. The molecule has 5 heteroatoms. The van der Waals surface area contributed by atoms with Gasteiger partial charge in [-0.1, -0.05) is 11.6 Å². The summed E-state index contributed by atoms with van der Waals surface area (Å²) in [6.07, 6.45) is 0. The van der Waals surface area contributed by atoms with Crippen LogP contribution in [0.5, 0.6) is 0 Å². The van der Waals surface area contributed by atoms with Gasteiger partial charge < -0.3 is 17.5 Å². The zero-order valence-electron chi connectivity index (χ0n) is 6.14. The summed E-state index contributed by atoms with van der Waals surface area (Å²) in [4.78, 5) is 0. The zero-order chi connectivity index (χ0) is 6.69. The van der Waals surface area contributed by atoms with Gasteiger partial charge in [-0.25, -0.2) is 0 Å². The molecule has 0 spiro atoms. The Labute approximate surface area is 139 Å². The predicted octanol–water partition coefficient (Wildman–Crippen LogP) is -4.40. The second-order valence-electron chi connectivity index (χ2n) is 1.70. The minimum atomic E-state index is 0. The Morgan fingerprint density at radius 1 is 1.18 bits per heavy atom. The van der Waals surface area contributed by atoms with Gasteiger partial charge in [-0.05, 0) is 24.3 Å². The molecule has 0 aliphatic heterocycles. The van der Waals surface area contributed by atoms with E-state index in [2.05, 4.69) is 9.39 Å². The van der Waals surface area contributed by atoms with E-state index in [1.54, 1.807) is 0 Å². The summed E-state index contributed by atoms with van der Waals surface area (Å²) >= 11 is 5.64. The van der Waals surface area contributed by atoms with Crippen LogP contribution in [0.1, 0.15) is 0 Å². The van der Waals surface area contributed by atoms with Gasteiger partial charge in [0.1, 0.15) is 5.69 Å². The molecule has 1 aromatic rings. The summed E-state index contributed by atoms with van der Waals surface area (Å²) in [5, 5.41) is 2.61. The van der Waals surface area contributed by atoms with E-state index in [9.17, 15) is 0 Å². The van der Waals surface area contributed by atoms with E-state index in [-0.39, 0.29) is 81.3 Å². The standard InChI is InChI=1S/C6H7ClNP.ClH.Cs/c7-5-1-3-6(8-9)4-2-5;;/h1-4,9H,8H2;1H;/q;;+1/p-1. The van der Waals surface area contributed by atoms with Crippen molar-refractivity contribution in [1.82, 2.24) is 0 Å². The Balaban J connectivity index is 0. The second kappa shape index (κ2) is 8.82. The molecule has 0 saturated carbocycles. The summed E-state index contributed by atoms with van der Waals surface area (Å²) in [7, 11) is 3.26. The Morgan fingerprint density at radius 2 is 1.64 bits per heavy atom. The van der Waals surface area contributed by atoms with Gasteiger partial charge in [0.15, 0.2) is 0 Å². The molecule has 11 heavy (non-hydrogen) atoms. The van der Waals surface area contributed by atoms with Crippen molar-refractivity contribution >= 4 is 26.7 Å². The maximum atomic E-state index is 5.64. The molecule has 0 aliphatic rings. The van der Waals surface area contributed by atoms with Crippen molar-refractivity contribution in [2.24, 2.45) is 0 Å². The molecule has 1 nitrogen and oxygen atoms in total. The molecule has 0 aliphatic carbocycles. The van der Waals surface area contributed by atoms with Crippen molar-refractivity contribution in [3.05, 3.63) is 29.3 Å². The molecule has 0 unspecified atom stereocenters. The maximum Gasteiger partial charge on any atom is 1.00 e. The topological polar surface area (TPSA) is 16.6 Å². The average Bonchev–Trinajstić information content (AvgIpc) is 1.90. The fraction of sp³-hybridized carbons (Fsp3) is 0. The number of rotatable bonds is 1. The Kier molecular flexibility index (Phi) is 12.6. The molecule has 0 radical (unpaired) electrons. The Morgan fingerprint density at radius 3 is 2.00 bits per heavy atom. The number of benzene rings is 1. The number of hydrogen-bond donors (Lipinski definition) is 1. The minimum Gasteiger partial charge on any atom is -1.00 e. The second-order valence-corrected chi connectivity index (χ2v) is 2.42. The molecule has 0 amide bonds. The van der Waals surface area contributed by atoms with Crippen molar-refractivity contribution in [2.75, 3.05) is 0 Å². The number of nitrogens with two attached hydrogens (primary N) is 1. The first-order chi connectivity index (χ1) is 4.33. The SMILES string of the molecule is [Cl-].[Cs+].[PH-][NH2+]c1ccc(Cl)cc1. The van der Waals surface area contributed by atoms with Gasteiger partial charge in [0.05, 0.1) is 0 Å². The molecule has 0 heterocycles. The molecular weight excluding hydrogens is 321 g/mol. The first-order valence-corrected chi connectivity index (χ1v) is 3.54. The third kappa shape index (κ3) is 6.33. The van der Waals surface area contributed by atoms with Crippen molar-refractivity contribution in [2.45, 2.75) is 0 Å². The van der Waals surface area contributed by atoms with Gasteiger partial charge in [0, 0.05) is 5.02 Å². The Bertz CT molecular complexity index is 192. The van der Waals surface area contributed by atoms with Crippen LogP contribution in [0, 0.1) is 0 Å². The molecule has 2 N–H and O–H groups in total. The summed E-state index contributed by atoms with van der Waals surface area (Å²) in [5.74, 6) is 0. The molecule has 0 aromatic heterocycles. The van der Waals surface area contributed by atoms with Crippen molar-refractivity contribution < 1.29 is 86.4 Å². The van der Waals surface area contributed by atoms with E-state index >= 15 is 0 Å². The van der Waals surface area contributed by atoms with Crippen LogP contribution in [0.3, 0.4) is 0 Å². The average molecular weight is 328 g/mol. The van der Waals surface area contributed by atoms with E-state index in [4.69, 9.17) is 11.6 Å². The fourth-order valence-electron chi connectivity index (χ4n) is 0.559. The maximum absolute atomic E-state index is 5.64. The van der Waals surface area contributed by atoms with E-state index in [0.717, 1.165) is 10.7 Å². The normalized spacial score (nSPS) is 7.82. The monoisotopic (exact) mass is 327 g/mol. The van der Waals surface area contributed by atoms with Crippen LogP contribution in [0.2, 0.25) is 5.02 Å². The van der Waals surface area contributed by atoms with E-state index in [1.165, 1.54) is 0 Å². The summed E-state index contributed by atoms with van der Waals surface area (Å²) < 4.78 is 0. The number of halogens is 2. The van der Waals surface area contributed by atoms with E-state index in [0.29, 0.717) is 0 Å². The molecule has 1 rings (SSSR count). The van der Waals surface area contributed by atoms with Crippen LogP contribution in [0.4, 0.5) is 5.69 Å². The number of hydrogen-bond acceptors (Lipinski definition) is 0. The van der Waals surface area contributed by atoms with Crippen molar-refractivity contribution in [3.8, 4) is 0 Å². The third-order valence-corrected chi connectivity index (χ3v) is 1.62. The van der Waals surface area contributed by atoms with Crippen molar-refractivity contribution in [3.63, 3.8) is 0 Å². The van der Waals surface area contributed by atoms with Gasteiger partial charge in [0.25, 0.3) is 0 Å². The van der Waals surface area contributed by atoms with Crippen LogP contribution in [-0.2, 0) is 0 Å². The zero-order valence-corrected chi connectivity index (χ0v) is 14.9. The van der Waals surface area contributed by atoms with Crippen LogP contribution >= 0.6 is 21.0 Å². The summed E-state index contributed by atoms with van der Waals surface area (Å²) in [6.45, 7) is 0. The Hall–Kier alpha value is 2.24. The largest absolute Gasteiger partial charge is 1.00 e. The van der Waals surface area contributed by atoms with Gasteiger partial charge in [-0.15, -0.1) is 0 Å². The van der Waals surface area contributed by atoms with E-state index in [1.807, 2.05) is 29.4 Å². The van der Waals surface area contributed by atoms with Crippen LogP contribution in [0.15, 0.2) is 24.3 Å². The van der Waals surface area contributed by atoms with Crippen LogP contribution in [-0.4, -0.2) is 0 Å². The molecule has 0 fully saturated rings. The fourth-order valence-corrected chi connectivity index (χ4v) is 0.877. The van der Waals surface area contributed by atoms with Crippen molar-refractivity contribution in [1.29, 1.82) is 0 Å². The van der Waals surface area contributed by atoms with Crippen LogP contribution in [0.25, 0.3) is 0 Å². The quantitative estimate of drug-likeness (QED) is 0.396. The van der Waals surface area contributed by atoms with Gasteiger partial charge in [-0.2, -0.15) is 0 Å². The van der Waals surface area contributed by atoms with E-state index < -0.39 is 0 Å². The van der Waals surface area contributed by atoms with Crippen LogP contribution < -0.4 is 86.4 Å². The van der Waals surface area contributed by atoms with Gasteiger partial charge in [-0.3, -0.25) is 9.39 Å². The molecule has 1 aromatic carbocycles. The summed E-state index contributed by atoms with van der Waals surface area (Å²) in [5.41, 5.74) is 1.12. The molecule has 56 valence electrons. The third-order valence-electron chi connectivity index (χ3n) is 1.04. The smallest absolute Gasteiger partial charge is 1.00 e. The molecule has 0 atom stereocenters. The molecular formula is C6H7Cl2CsNP. The number of quaternary nitrogens is 1. The molecule has 0 saturated heterocycles. The van der Waals surface area contributed by atoms with Gasteiger partial charge >= 0.3 is 68.9 Å². The first-order valence-electron chi connectivity index (χ1n) is 2.59. The van der Waals surface area contributed by atoms with Gasteiger partial charge in [0.2, 0.25) is 0 Å². The predicted molar refractivity (Wildman–Crippen MR) is 41.4 cm³/mol. The minimum absolute atomic E-state index is 0.